The fourth-order valence-electron chi connectivity index (χ4n) is 4.69. The Kier molecular flexibility index (Phi) is 2.50. The molecule has 0 aromatic carbocycles. The molecule has 2 unspecified atom stereocenters. The number of amides is 1. The Morgan fingerprint density at radius 2 is 1.94 bits per heavy atom. The van der Waals surface area contributed by atoms with Crippen molar-refractivity contribution >= 4 is 5.91 Å². The number of nitrogens with one attached hydrogen (secondary N) is 1. The van der Waals surface area contributed by atoms with Crippen LogP contribution in [0.5, 0.6) is 0 Å². The van der Waals surface area contributed by atoms with Crippen molar-refractivity contribution < 1.29 is 14.7 Å². The van der Waals surface area contributed by atoms with Gasteiger partial charge in [-0.15, -0.1) is 10.1 Å². The Hall–Kier alpha value is -1.33. The Bertz CT molecular complexity index is 382. The number of carbonyl (C=O) groups is 1. The van der Waals surface area contributed by atoms with Crippen molar-refractivity contribution in [3.05, 3.63) is 10.1 Å². The lowest BCUT2D eigenvalue weighted by Crippen LogP contribution is -2.62. The van der Waals surface area contributed by atoms with Crippen LogP contribution in [0.1, 0.15) is 39.0 Å². The Labute approximate surface area is 105 Å². The van der Waals surface area contributed by atoms with Gasteiger partial charge in [0.15, 0.2) is 0 Å². The van der Waals surface area contributed by atoms with Crippen molar-refractivity contribution in [2.24, 2.45) is 17.8 Å². The van der Waals surface area contributed by atoms with Crippen molar-refractivity contribution in [1.29, 1.82) is 0 Å². The van der Waals surface area contributed by atoms with Crippen LogP contribution >= 0.6 is 0 Å². The molecule has 4 fully saturated rings. The maximum Gasteiger partial charge on any atom is 0.295 e. The summed E-state index contributed by atoms with van der Waals surface area (Å²) in [5.74, 6) is 1.23. The van der Waals surface area contributed by atoms with E-state index < -0.39 is 10.7 Å². The van der Waals surface area contributed by atoms with Gasteiger partial charge >= 0.3 is 0 Å². The zero-order valence-corrected chi connectivity index (χ0v) is 10.4. The first-order valence-electron chi connectivity index (χ1n) is 6.58. The van der Waals surface area contributed by atoms with Crippen LogP contribution in [0.25, 0.3) is 0 Å². The maximum atomic E-state index is 11.2. The van der Waals surface area contributed by atoms with Gasteiger partial charge in [-0.3, -0.25) is 4.79 Å². The molecule has 4 bridgehead atoms. The summed E-state index contributed by atoms with van der Waals surface area (Å²) >= 11 is 0. The third kappa shape index (κ3) is 1.83. The number of carbonyl (C=O) groups excluding carboxylic acids is 1. The van der Waals surface area contributed by atoms with E-state index in [0.29, 0.717) is 30.6 Å². The van der Waals surface area contributed by atoms with Crippen molar-refractivity contribution in [2.45, 2.75) is 50.7 Å². The number of rotatable bonds is 3. The first kappa shape index (κ1) is 11.7. The largest absolute Gasteiger partial charge is 0.353 e. The molecule has 4 rings (SSSR count). The maximum absolute atomic E-state index is 11.2. The molecule has 0 radical (unpaired) electrons. The molecule has 4 aliphatic carbocycles. The standard InChI is InChI=1S/C12H18N2O4/c1-7(15)13-11-9-2-8-3-10(11)6-12(4-8,5-9)18-14(16)17/h8-11H,2-6H2,1H3,(H,13,15). The third-order valence-corrected chi connectivity index (χ3v) is 4.86. The normalized spacial score (nSPS) is 44.7. The van der Waals surface area contributed by atoms with Crippen LogP contribution in [0.4, 0.5) is 0 Å². The Morgan fingerprint density at radius 1 is 1.33 bits per heavy atom. The van der Waals surface area contributed by atoms with Crippen LogP contribution < -0.4 is 5.32 Å². The molecule has 4 saturated carbocycles. The van der Waals surface area contributed by atoms with Gasteiger partial charge in [-0.05, 0) is 49.9 Å². The molecule has 0 heterocycles. The summed E-state index contributed by atoms with van der Waals surface area (Å²) in [5.41, 5.74) is -0.561. The van der Waals surface area contributed by atoms with Crippen LogP contribution in [0, 0.1) is 27.9 Å². The minimum atomic E-state index is -0.638. The zero-order chi connectivity index (χ0) is 12.9. The van der Waals surface area contributed by atoms with E-state index in [1.54, 1.807) is 0 Å². The van der Waals surface area contributed by atoms with Crippen LogP contribution in [0.2, 0.25) is 0 Å². The topological polar surface area (TPSA) is 81.5 Å². The first-order chi connectivity index (χ1) is 8.47. The summed E-state index contributed by atoms with van der Waals surface area (Å²) in [6, 6.07) is 0.197. The number of hydrogen-bond donors (Lipinski definition) is 1. The highest BCUT2D eigenvalue weighted by Gasteiger charge is 2.57. The molecular formula is C12H18N2O4. The van der Waals surface area contributed by atoms with Gasteiger partial charge in [-0.25, -0.2) is 0 Å². The highest BCUT2D eigenvalue weighted by atomic mass is 17.0. The average molecular weight is 254 g/mol. The summed E-state index contributed by atoms with van der Waals surface area (Å²) in [4.78, 5) is 26.9. The van der Waals surface area contributed by atoms with Crippen LogP contribution in [0.15, 0.2) is 0 Å². The van der Waals surface area contributed by atoms with Gasteiger partial charge in [-0.1, -0.05) is 0 Å². The molecule has 0 aliphatic heterocycles. The quantitative estimate of drug-likeness (QED) is 0.607. The predicted octanol–water partition coefficient (Wildman–Crippen LogP) is 1.28. The lowest BCUT2D eigenvalue weighted by atomic mass is 9.52. The van der Waals surface area contributed by atoms with Gasteiger partial charge in [0.25, 0.3) is 5.09 Å². The minimum Gasteiger partial charge on any atom is -0.353 e. The van der Waals surface area contributed by atoms with Crippen LogP contribution in [0.3, 0.4) is 0 Å². The van der Waals surface area contributed by atoms with E-state index in [-0.39, 0.29) is 11.9 Å². The zero-order valence-electron chi connectivity index (χ0n) is 10.4. The second-order valence-electron chi connectivity index (χ2n) is 6.19. The monoisotopic (exact) mass is 254 g/mol. The van der Waals surface area contributed by atoms with E-state index >= 15 is 0 Å². The molecule has 6 heteroatoms. The molecule has 1 amide bonds. The van der Waals surface area contributed by atoms with Crippen molar-refractivity contribution in [3.8, 4) is 0 Å². The van der Waals surface area contributed by atoms with Gasteiger partial charge in [0.1, 0.15) is 5.60 Å². The van der Waals surface area contributed by atoms with E-state index in [1.807, 2.05) is 0 Å². The molecule has 18 heavy (non-hydrogen) atoms. The van der Waals surface area contributed by atoms with E-state index in [1.165, 1.54) is 6.92 Å². The minimum absolute atomic E-state index is 0.00304. The first-order valence-corrected chi connectivity index (χ1v) is 6.58. The smallest absolute Gasteiger partial charge is 0.295 e. The summed E-state index contributed by atoms with van der Waals surface area (Å²) in [6.07, 6.45) is 4.39. The van der Waals surface area contributed by atoms with Gasteiger partial charge in [-0.2, -0.15) is 0 Å². The molecule has 2 atom stereocenters. The van der Waals surface area contributed by atoms with Crippen molar-refractivity contribution in [3.63, 3.8) is 0 Å². The molecular weight excluding hydrogens is 236 g/mol. The third-order valence-electron chi connectivity index (χ3n) is 4.86. The highest BCUT2D eigenvalue weighted by Crippen LogP contribution is 2.57. The summed E-state index contributed by atoms with van der Waals surface area (Å²) in [7, 11) is 0. The second-order valence-corrected chi connectivity index (χ2v) is 6.19. The molecule has 0 saturated heterocycles. The molecule has 0 spiro atoms. The highest BCUT2D eigenvalue weighted by molar-refractivity contribution is 5.73. The number of nitrogens with zero attached hydrogens (tertiary/aromatic N) is 1. The SMILES string of the molecule is CC(=O)NC1C2CC3CC1CC(O[N+](=O)[O-])(C3)C2. The average Bonchev–Trinajstić information content (AvgIpc) is 2.20. The molecule has 6 nitrogen and oxygen atoms in total. The van der Waals surface area contributed by atoms with E-state index in [4.69, 9.17) is 4.84 Å². The fraction of sp³-hybridized carbons (Fsp3) is 0.917. The summed E-state index contributed by atoms with van der Waals surface area (Å²) in [6.45, 7) is 1.54. The van der Waals surface area contributed by atoms with E-state index in [0.717, 1.165) is 19.3 Å². The molecule has 100 valence electrons. The predicted molar refractivity (Wildman–Crippen MR) is 62.0 cm³/mol. The van der Waals surface area contributed by atoms with Crippen molar-refractivity contribution in [2.75, 3.05) is 0 Å². The van der Waals surface area contributed by atoms with Crippen molar-refractivity contribution in [1.82, 2.24) is 5.32 Å². The molecule has 0 aromatic rings. The summed E-state index contributed by atoms with van der Waals surface area (Å²) < 4.78 is 0. The molecule has 0 aromatic heterocycles. The molecule has 4 aliphatic rings. The fourth-order valence-corrected chi connectivity index (χ4v) is 4.69. The molecule has 1 N–H and O–H groups in total. The van der Waals surface area contributed by atoms with Crippen LogP contribution in [-0.4, -0.2) is 22.6 Å². The number of hydrogen-bond acceptors (Lipinski definition) is 4. The van der Waals surface area contributed by atoms with Gasteiger partial charge in [0.05, 0.1) is 0 Å². The lowest BCUT2D eigenvalue weighted by Gasteiger charge is -2.58. The second kappa shape index (κ2) is 3.83. The van der Waals surface area contributed by atoms with Gasteiger partial charge in [0, 0.05) is 13.0 Å². The van der Waals surface area contributed by atoms with Crippen LogP contribution in [-0.2, 0) is 9.63 Å². The van der Waals surface area contributed by atoms with Gasteiger partial charge < -0.3 is 10.2 Å². The van der Waals surface area contributed by atoms with Gasteiger partial charge in [0.2, 0.25) is 5.91 Å². The Morgan fingerprint density at radius 3 is 2.44 bits per heavy atom. The lowest BCUT2D eigenvalue weighted by molar-refractivity contribution is -0.785. The Balaban J connectivity index is 1.79. The van der Waals surface area contributed by atoms with E-state index in [2.05, 4.69) is 5.32 Å². The van der Waals surface area contributed by atoms with E-state index in [9.17, 15) is 14.9 Å². The summed E-state index contributed by atoms with van der Waals surface area (Å²) in [5, 5.41) is 13.0.